The standard InChI is InChI=1S/C10H13NO3S3/c1-3-4-10(2)8(12)6-5-7(17(11,13)14)15-9(6)16-10/h5H,3-4H2,1-2H3,(H2,11,13,14). The van der Waals surface area contributed by atoms with Crippen molar-refractivity contribution in [1.82, 2.24) is 0 Å². The fraction of sp³-hybridized carbons (Fsp3) is 0.500. The third kappa shape index (κ3) is 2.16. The van der Waals surface area contributed by atoms with Crippen molar-refractivity contribution in [2.24, 2.45) is 5.14 Å². The van der Waals surface area contributed by atoms with Crippen LogP contribution in [0.2, 0.25) is 0 Å². The molecule has 1 aromatic heterocycles. The van der Waals surface area contributed by atoms with E-state index in [1.54, 1.807) is 0 Å². The minimum atomic E-state index is -3.70. The maximum atomic E-state index is 12.2. The first-order chi connectivity index (χ1) is 7.78. The Morgan fingerprint density at radius 3 is 2.59 bits per heavy atom. The van der Waals surface area contributed by atoms with Crippen LogP contribution in [-0.4, -0.2) is 18.9 Å². The van der Waals surface area contributed by atoms with Gasteiger partial charge in [0.05, 0.1) is 8.96 Å². The second-order valence-electron chi connectivity index (χ2n) is 4.22. The van der Waals surface area contributed by atoms with Gasteiger partial charge < -0.3 is 0 Å². The van der Waals surface area contributed by atoms with Gasteiger partial charge in [-0.05, 0) is 19.4 Å². The Labute approximate surface area is 109 Å². The molecule has 0 saturated heterocycles. The van der Waals surface area contributed by atoms with Gasteiger partial charge in [0.1, 0.15) is 4.21 Å². The number of rotatable bonds is 3. The molecule has 0 spiro atoms. The molecule has 0 aromatic carbocycles. The Balaban J connectivity index is 2.41. The summed E-state index contributed by atoms with van der Waals surface area (Å²) in [7, 11) is -3.70. The first-order valence-corrected chi connectivity index (χ1v) is 8.36. The normalized spacial score (nSPS) is 24.1. The molecule has 4 nitrogen and oxygen atoms in total. The number of thioether (sulfide) groups is 1. The molecule has 1 aliphatic rings. The highest BCUT2D eigenvalue weighted by atomic mass is 32.3. The molecule has 2 N–H and O–H groups in total. The number of Topliss-reactive ketones (excluding diaryl/α,β-unsaturated/α-hetero) is 1. The Morgan fingerprint density at radius 1 is 1.47 bits per heavy atom. The SMILES string of the molecule is CCCC1(C)Sc2sc(S(N)(=O)=O)cc2C1=O. The van der Waals surface area contributed by atoms with Crippen molar-refractivity contribution in [3.8, 4) is 0 Å². The number of ketones is 1. The van der Waals surface area contributed by atoms with Crippen molar-refractivity contribution < 1.29 is 13.2 Å². The largest absolute Gasteiger partial charge is 0.293 e. The number of sulfonamides is 1. The summed E-state index contributed by atoms with van der Waals surface area (Å²) in [4.78, 5) is 12.2. The number of hydrogen-bond donors (Lipinski definition) is 1. The molecule has 1 unspecified atom stereocenters. The van der Waals surface area contributed by atoms with Crippen LogP contribution in [0.3, 0.4) is 0 Å². The van der Waals surface area contributed by atoms with Gasteiger partial charge in [-0.15, -0.1) is 11.3 Å². The van der Waals surface area contributed by atoms with E-state index in [2.05, 4.69) is 0 Å². The lowest BCUT2D eigenvalue weighted by Gasteiger charge is -2.19. The van der Waals surface area contributed by atoms with Crippen LogP contribution in [0.5, 0.6) is 0 Å². The third-order valence-electron chi connectivity index (χ3n) is 2.73. The van der Waals surface area contributed by atoms with Crippen molar-refractivity contribution in [3.63, 3.8) is 0 Å². The summed E-state index contributed by atoms with van der Waals surface area (Å²) < 4.78 is 22.8. The number of nitrogens with two attached hydrogens (primary N) is 1. The number of fused-ring (bicyclic) bond motifs is 1. The second-order valence-corrected chi connectivity index (χ2v) is 8.84. The average molecular weight is 291 g/mol. The minimum Gasteiger partial charge on any atom is -0.293 e. The molecule has 7 heteroatoms. The van der Waals surface area contributed by atoms with Gasteiger partial charge in [-0.25, -0.2) is 13.6 Å². The summed E-state index contributed by atoms with van der Waals surface area (Å²) in [5.41, 5.74) is 0.514. The van der Waals surface area contributed by atoms with Gasteiger partial charge in [-0.3, -0.25) is 4.79 Å². The second kappa shape index (κ2) is 4.08. The highest BCUT2D eigenvalue weighted by Gasteiger charge is 2.43. The van der Waals surface area contributed by atoms with Crippen LogP contribution in [0.4, 0.5) is 0 Å². The van der Waals surface area contributed by atoms with E-state index in [0.717, 1.165) is 28.4 Å². The molecule has 0 radical (unpaired) electrons. The fourth-order valence-electron chi connectivity index (χ4n) is 1.90. The van der Waals surface area contributed by atoms with Gasteiger partial charge in [0, 0.05) is 5.56 Å². The van der Waals surface area contributed by atoms with Crippen LogP contribution < -0.4 is 5.14 Å². The summed E-state index contributed by atoms with van der Waals surface area (Å²) in [6, 6.07) is 1.41. The zero-order chi connectivity index (χ0) is 12.8. The Bertz CT molecular complexity index is 576. The van der Waals surface area contributed by atoms with Crippen molar-refractivity contribution in [2.75, 3.05) is 0 Å². The number of carbonyl (C=O) groups is 1. The van der Waals surface area contributed by atoms with Crippen molar-refractivity contribution in [3.05, 3.63) is 11.6 Å². The quantitative estimate of drug-likeness (QED) is 0.926. The lowest BCUT2D eigenvalue weighted by Crippen LogP contribution is -2.26. The van der Waals surface area contributed by atoms with E-state index in [0.29, 0.717) is 5.56 Å². The summed E-state index contributed by atoms with van der Waals surface area (Å²) in [6.07, 6.45) is 1.72. The molecule has 1 atom stereocenters. The number of thiophene rings is 1. The van der Waals surface area contributed by atoms with Crippen LogP contribution in [-0.2, 0) is 10.0 Å². The topological polar surface area (TPSA) is 77.2 Å². The van der Waals surface area contributed by atoms with Gasteiger partial charge in [-0.2, -0.15) is 0 Å². The smallest absolute Gasteiger partial charge is 0.247 e. The summed E-state index contributed by atoms with van der Waals surface area (Å²) >= 11 is 2.55. The van der Waals surface area contributed by atoms with Crippen LogP contribution >= 0.6 is 23.1 Å². The van der Waals surface area contributed by atoms with E-state index in [9.17, 15) is 13.2 Å². The number of primary sulfonamides is 1. The molecule has 0 saturated carbocycles. The summed E-state index contributed by atoms with van der Waals surface area (Å²) in [5, 5.41) is 5.05. The van der Waals surface area contributed by atoms with Gasteiger partial charge >= 0.3 is 0 Å². The molecule has 0 bridgehead atoms. The number of hydrogen-bond acceptors (Lipinski definition) is 5. The highest BCUT2D eigenvalue weighted by Crippen LogP contribution is 2.51. The van der Waals surface area contributed by atoms with Crippen molar-refractivity contribution in [1.29, 1.82) is 0 Å². The van der Waals surface area contributed by atoms with Crippen LogP contribution in [0.15, 0.2) is 14.5 Å². The predicted octanol–water partition coefficient (Wildman–Crippen LogP) is 2.24. The van der Waals surface area contributed by atoms with E-state index in [4.69, 9.17) is 5.14 Å². The van der Waals surface area contributed by atoms with Crippen LogP contribution in [0.25, 0.3) is 0 Å². The molecule has 2 rings (SSSR count). The first-order valence-electron chi connectivity index (χ1n) is 5.18. The lowest BCUT2D eigenvalue weighted by atomic mass is 9.96. The molecule has 1 aliphatic heterocycles. The van der Waals surface area contributed by atoms with Crippen LogP contribution in [0, 0.1) is 0 Å². The van der Waals surface area contributed by atoms with Gasteiger partial charge in [0.15, 0.2) is 5.78 Å². The monoisotopic (exact) mass is 291 g/mol. The van der Waals surface area contributed by atoms with E-state index in [1.807, 2.05) is 13.8 Å². The molecule has 0 aliphatic carbocycles. The molecule has 0 fully saturated rings. The predicted molar refractivity (Wildman–Crippen MR) is 69.2 cm³/mol. The zero-order valence-corrected chi connectivity index (χ0v) is 12.0. The highest BCUT2D eigenvalue weighted by molar-refractivity contribution is 8.04. The minimum absolute atomic E-state index is 0.0190. The molecule has 94 valence electrons. The maximum absolute atomic E-state index is 12.2. The molecule has 1 aromatic rings. The van der Waals surface area contributed by atoms with E-state index in [-0.39, 0.29) is 9.99 Å². The van der Waals surface area contributed by atoms with E-state index >= 15 is 0 Å². The van der Waals surface area contributed by atoms with Gasteiger partial charge in [0.25, 0.3) is 0 Å². The third-order valence-corrected chi connectivity index (χ3v) is 6.82. The Kier molecular flexibility index (Phi) is 3.14. The summed E-state index contributed by atoms with van der Waals surface area (Å²) in [6.45, 7) is 3.94. The Morgan fingerprint density at radius 2 is 2.12 bits per heavy atom. The maximum Gasteiger partial charge on any atom is 0.247 e. The molecule has 0 amide bonds. The van der Waals surface area contributed by atoms with Crippen LogP contribution in [0.1, 0.15) is 37.0 Å². The molecular weight excluding hydrogens is 278 g/mol. The molecular formula is C10H13NO3S3. The zero-order valence-electron chi connectivity index (χ0n) is 9.52. The fourth-order valence-corrected chi connectivity index (χ4v) is 5.85. The molecule has 17 heavy (non-hydrogen) atoms. The van der Waals surface area contributed by atoms with E-state index < -0.39 is 14.8 Å². The van der Waals surface area contributed by atoms with Crippen molar-refractivity contribution in [2.45, 2.75) is 39.9 Å². The first kappa shape index (κ1) is 13.1. The van der Waals surface area contributed by atoms with Gasteiger partial charge in [0.2, 0.25) is 10.0 Å². The summed E-state index contributed by atoms with van der Waals surface area (Å²) in [5.74, 6) is 0.0190. The van der Waals surface area contributed by atoms with Crippen molar-refractivity contribution >= 4 is 38.9 Å². The van der Waals surface area contributed by atoms with E-state index in [1.165, 1.54) is 17.8 Å². The number of carbonyl (C=O) groups excluding carboxylic acids is 1. The lowest BCUT2D eigenvalue weighted by molar-refractivity contribution is 0.0949. The Hall–Kier alpha value is -0.370. The van der Waals surface area contributed by atoms with Gasteiger partial charge in [-0.1, -0.05) is 25.1 Å². The average Bonchev–Trinajstić information content (AvgIpc) is 2.67. The molecule has 2 heterocycles.